The Morgan fingerprint density at radius 3 is 2.59 bits per heavy atom. The number of morpholine rings is 1. The van der Waals surface area contributed by atoms with Crippen molar-refractivity contribution < 1.29 is 4.74 Å². The Hall–Kier alpha value is -3.85. The minimum absolute atomic E-state index is 0.158. The summed E-state index contributed by atoms with van der Waals surface area (Å²) in [5, 5.41) is 4.52. The number of ether oxygens (including phenoxy) is 1. The first-order valence-corrected chi connectivity index (χ1v) is 10.5. The van der Waals surface area contributed by atoms with Gasteiger partial charge in [0.1, 0.15) is 18.0 Å². The van der Waals surface area contributed by atoms with Crippen LogP contribution in [0.4, 0.5) is 17.3 Å². The van der Waals surface area contributed by atoms with E-state index in [-0.39, 0.29) is 17.8 Å². The van der Waals surface area contributed by atoms with Crippen LogP contribution >= 0.6 is 0 Å². The van der Waals surface area contributed by atoms with Crippen LogP contribution in [-0.4, -0.2) is 50.2 Å². The molecule has 5 rings (SSSR count). The van der Waals surface area contributed by atoms with Crippen molar-refractivity contribution in [2.45, 2.75) is 26.1 Å². The largest absolute Gasteiger partial charge is 0.372 e. The van der Waals surface area contributed by atoms with Gasteiger partial charge in [-0.15, -0.1) is 0 Å². The second-order valence-electron chi connectivity index (χ2n) is 7.95. The molecule has 1 aliphatic heterocycles. The van der Waals surface area contributed by atoms with Gasteiger partial charge in [-0.1, -0.05) is 0 Å². The fraction of sp³-hybridized carbons (Fsp3) is 0.261. The average Bonchev–Trinajstić information content (AvgIpc) is 2.79. The predicted octanol–water partition coefficient (Wildman–Crippen LogP) is 3.13. The van der Waals surface area contributed by atoms with Gasteiger partial charge in [-0.25, -0.2) is 19.9 Å². The molecule has 5 heterocycles. The highest BCUT2D eigenvalue weighted by molar-refractivity contribution is 5.95. The lowest BCUT2D eigenvalue weighted by Gasteiger charge is -2.36. The topological polar surface area (TPSA) is 109 Å². The summed E-state index contributed by atoms with van der Waals surface area (Å²) >= 11 is 0. The molecular formula is C23H23N7O2. The molecule has 9 nitrogen and oxygen atoms in total. The number of nitrogens with zero attached hydrogens (tertiary/aromatic N) is 5. The van der Waals surface area contributed by atoms with E-state index in [1.165, 1.54) is 6.33 Å². The lowest BCUT2D eigenvalue weighted by atomic mass is 10.1. The van der Waals surface area contributed by atoms with Gasteiger partial charge in [0.15, 0.2) is 0 Å². The fourth-order valence-electron chi connectivity index (χ4n) is 4.03. The molecule has 0 radical (unpaired) electrons. The highest BCUT2D eigenvalue weighted by Gasteiger charge is 2.23. The minimum Gasteiger partial charge on any atom is -0.372 e. The van der Waals surface area contributed by atoms with Crippen molar-refractivity contribution in [1.82, 2.24) is 24.9 Å². The number of H-pyrrole nitrogens is 1. The van der Waals surface area contributed by atoms with E-state index in [1.807, 2.05) is 24.3 Å². The molecule has 1 fully saturated rings. The molecule has 2 atom stereocenters. The first-order chi connectivity index (χ1) is 15.6. The van der Waals surface area contributed by atoms with E-state index in [0.717, 1.165) is 35.5 Å². The third-order valence-electron chi connectivity index (χ3n) is 5.36. The summed E-state index contributed by atoms with van der Waals surface area (Å²) in [6, 6.07) is 7.61. The molecule has 1 saturated heterocycles. The third-order valence-corrected chi connectivity index (χ3v) is 5.36. The van der Waals surface area contributed by atoms with E-state index in [1.54, 1.807) is 24.8 Å². The molecule has 0 aromatic carbocycles. The molecule has 0 spiro atoms. The number of hydrogen-bond donors (Lipinski definition) is 2. The van der Waals surface area contributed by atoms with Gasteiger partial charge >= 0.3 is 0 Å². The summed E-state index contributed by atoms with van der Waals surface area (Å²) in [5.41, 5.74) is 1.96. The summed E-state index contributed by atoms with van der Waals surface area (Å²) in [6.45, 7) is 5.73. The number of hydrogen-bond acceptors (Lipinski definition) is 8. The van der Waals surface area contributed by atoms with Gasteiger partial charge in [-0.2, -0.15) is 0 Å². The summed E-state index contributed by atoms with van der Waals surface area (Å²) in [7, 11) is 0. The van der Waals surface area contributed by atoms with E-state index < -0.39 is 0 Å². The van der Waals surface area contributed by atoms with E-state index in [0.29, 0.717) is 16.9 Å². The number of rotatable bonds is 4. The molecule has 4 aromatic rings. The average molecular weight is 429 g/mol. The SMILES string of the molecule is C[C@@H]1CN(c2ccc(Nc3nc(-c4cncnc4)cc4cc[nH]c(=O)c34)cn2)C[C@H](C)O1. The van der Waals surface area contributed by atoms with Crippen LogP contribution < -0.4 is 15.8 Å². The summed E-state index contributed by atoms with van der Waals surface area (Å²) < 4.78 is 5.81. The number of pyridine rings is 3. The zero-order valence-corrected chi connectivity index (χ0v) is 17.8. The van der Waals surface area contributed by atoms with Gasteiger partial charge in [-0.05, 0) is 43.5 Å². The maximum atomic E-state index is 12.6. The second-order valence-corrected chi connectivity index (χ2v) is 7.95. The van der Waals surface area contributed by atoms with Crippen molar-refractivity contribution in [3.05, 3.63) is 65.7 Å². The molecule has 0 unspecified atom stereocenters. The van der Waals surface area contributed by atoms with E-state index >= 15 is 0 Å². The maximum Gasteiger partial charge on any atom is 0.259 e. The van der Waals surface area contributed by atoms with Crippen molar-refractivity contribution in [2.24, 2.45) is 0 Å². The maximum absolute atomic E-state index is 12.6. The molecule has 0 bridgehead atoms. The van der Waals surface area contributed by atoms with Crippen molar-refractivity contribution in [1.29, 1.82) is 0 Å². The Labute approximate surface area is 184 Å². The van der Waals surface area contributed by atoms with Gasteiger partial charge in [-0.3, -0.25) is 4.79 Å². The number of fused-ring (bicyclic) bond motifs is 1. The second kappa shape index (κ2) is 8.35. The fourth-order valence-corrected chi connectivity index (χ4v) is 4.03. The van der Waals surface area contributed by atoms with Gasteiger partial charge in [0, 0.05) is 37.2 Å². The highest BCUT2D eigenvalue weighted by atomic mass is 16.5. The number of aromatic nitrogens is 5. The van der Waals surface area contributed by atoms with Gasteiger partial charge in [0.2, 0.25) is 0 Å². The van der Waals surface area contributed by atoms with Crippen molar-refractivity contribution >= 4 is 28.1 Å². The minimum atomic E-state index is -0.214. The lowest BCUT2D eigenvalue weighted by molar-refractivity contribution is -0.00545. The molecular weight excluding hydrogens is 406 g/mol. The Morgan fingerprint density at radius 1 is 1.09 bits per heavy atom. The van der Waals surface area contributed by atoms with Crippen LogP contribution in [0.25, 0.3) is 22.0 Å². The highest BCUT2D eigenvalue weighted by Crippen LogP contribution is 2.28. The van der Waals surface area contributed by atoms with Gasteiger partial charge in [0.05, 0.1) is 35.2 Å². The molecule has 4 aromatic heterocycles. The number of aromatic amines is 1. The Kier molecular flexibility index (Phi) is 5.24. The van der Waals surface area contributed by atoms with Crippen LogP contribution in [0.1, 0.15) is 13.8 Å². The van der Waals surface area contributed by atoms with Crippen LogP contribution in [0, 0.1) is 0 Å². The third kappa shape index (κ3) is 4.02. The summed E-state index contributed by atoms with van der Waals surface area (Å²) in [5.74, 6) is 1.34. The van der Waals surface area contributed by atoms with Crippen LogP contribution in [0.3, 0.4) is 0 Å². The predicted molar refractivity (Wildman–Crippen MR) is 123 cm³/mol. The molecule has 0 amide bonds. The first-order valence-electron chi connectivity index (χ1n) is 10.5. The Balaban J connectivity index is 1.49. The molecule has 1 aliphatic rings. The molecule has 162 valence electrons. The van der Waals surface area contributed by atoms with Crippen LogP contribution in [0.15, 0.2) is 60.2 Å². The van der Waals surface area contributed by atoms with Crippen LogP contribution in [0.5, 0.6) is 0 Å². The molecule has 0 saturated carbocycles. The zero-order chi connectivity index (χ0) is 22.1. The zero-order valence-electron chi connectivity index (χ0n) is 17.8. The monoisotopic (exact) mass is 429 g/mol. The smallest absolute Gasteiger partial charge is 0.259 e. The first kappa shape index (κ1) is 20.1. The Bertz CT molecular complexity index is 1280. The Morgan fingerprint density at radius 2 is 1.88 bits per heavy atom. The van der Waals surface area contributed by atoms with Crippen molar-refractivity contribution in [3.8, 4) is 11.3 Å². The summed E-state index contributed by atoms with van der Waals surface area (Å²) in [4.78, 5) is 35.0. The normalized spacial score (nSPS) is 18.6. The van der Waals surface area contributed by atoms with Crippen molar-refractivity contribution in [3.63, 3.8) is 0 Å². The van der Waals surface area contributed by atoms with E-state index in [9.17, 15) is 4.79 Å². The summed E-state index contributed by atoms with van der Waals surface area (Å²) in [6.07, 6.45) is 8.55. The number of anilines is 3. The molecule has 32 heavy (non-hydrogen) atoms. The molecule has 2 N–H and O–H groups in total. The van der Waals surface area contributed by atoms with E-state index in [2.05, 4.69) is 44.0 Å². The quantitative estimate of drug-likeness (QED) is 0.509. The number of nitrogens with one attached hydrogen (secondary N) is 2. The van der Waals surface area contributed by atoms with Crippen LogP contribution in [0.2, 0.25) is 0 Å². The standard InChI is InChI=1S/C23H23N7O2/c1-14-11-30(12-15(2)32-14)20-4-3-18(10-27-20)28-22-21-16(5-6-26-23(21)31)7-19(29-22)17-8-24-13-25-9-17/h3-10,13-15H,11-12H2,1-2H3,(H,26,31)(H,28,29)/t14-,15+. The van der Waals surface area contributed by atoms with E-state index in [4.69, 9.17) is 9.72 Å². The van der Waals surface area contributed by atoms with Gasteiger partial charge in [0.25, 0.3) is 5.56 Å². The molecule has 0 aliphatic carbocycles. The van der Waals surface area contributed by atoms with Crippen LogP contribution in [-0.2, 0) is 4.74 Å². The van der Waals surface area contributed by atoms with Gasteiger partial charge < -0.3 is 19.9 Å². The molecule has 9 heteroatoms. The lowest BCUT2D eigenvalue weighted by Crippen LogP contribution is -2.45. The van der Waals surface area contributed by atoms with Crippen molar-refractivity contribution in [2.75, 3.05) is 23.3 Å².